The van der Waals surface area contributed by atoms with Crippen LogP contribution in [0.2, 0.25) is 0 Å². The standard InChI is InChI=1S/C11H19F3N2O4/c1-10(2,3)20-9(18)16-7(8(17)19-4)5-15-6-11(12,13)14/h7,15H,5-6H2,1-4H3,(H,16,18). The minimum atomic E-state index is -4.41. The zero-order valence-corrected chi connectivity index (χ0v) is 11.8. The summed E-state index contributed by atoms with van der Waals surface area (Å²) in [6.45, 7) is 3.13. The number of hydrogen-bond donors (Lipinski definition) is 2. The molecule has 0 heterocycles. The van der Waals surface area contributed by atoms with Gasteiger partial charge in [-0.15, -0.1) is 0 Å². The number of methoxy groups -OCH3 is 1. The molecular weight excluding hydrogens is 281 g/mol. The predicted molar refractivity (Wildman–Crippen MR) is 64.1 cm³/mol. The maximum absolute atomic E-state index is 12.0. The van der Waals surface area contributed by atoms with E-state index < -0.39 is 43.0 Å². The van der Waals surface area contributed by atoms with Crippen LogP contribution in [0.3, 0.4) is 0 Å². The third-order valence-electron chi connectivity index (χ3n) is 1.85. The molecule has 6 nitrogen and oxygen atoms in total. The van der Waals surface area contributed by atoms with Crippen LogP contribution in [0, 0.1) is 0 Å². The molecule has 0 spiro atoms. The highest BCUT2D eigenvalue weighted by Gasteiger charge is 2.29. The fraction of sp³-hybridized carbons (Fsp3) is 0.818. The van der Waals surface area contributed by atoms with Crippen LogP contribution >= 0.6 is 0 Å². The molecule has 0 saturated carbocycles. The first-order valence-corrected chi connectivity index (χ1v) is 5.79. The lowest BCUT2D eigenvalue weighted by atomic mass is 10.2. The van der Waals surface area contributed by atoms with Crippen LogP contribution in [0.1, 0.15) is 20.8 Å². The summed E-state index contributed by atoms with van der Waals surface area (Å²) in [6.07, 6.45) is -5.33. The van der Waals surface area contributed by atoms with Crippen LogP contribution in [0.5, 0.6) is 0 Å². The molecule has 0 aromatic heterocycles. The molecule has 0 saturated heterocycles. The van der Waals surface area contributed by atoms with Crippen molar-refractivity contribution in [3.63, 3.8) is 0 Å². The Balaban J connectivity index is 4.43. The minimum Gasteiger partial charge on any atom is -0.467 e. The van der Waals surface area contributed by atoms with Gasteiger partial charge in [0.1, 0.15) is 11.6 Å². The van der Waals surface area contributed by atoms with Gasteiger partial charge in [-0.3, -0.25) is 0 Å². The second-order valence-electron chi connectivity index (χ2n) is 4.97. The monoisotopic (exact) mass is 300 g/mol. The highest BCUT2D eigenvalue weighted by Crippen LogP contribution is 2.12. The number of carbonyl (C=O) groups is 2. The normalized spacial score (nSPS) is 13.6. The first-order valence-electron chi connectivity index (χ1n) is 5.79. The molecule has 1 amide bonds. The van der Waals surface area contributed by atoms with Crippen molar-refractivity contribution in [1.82, 2.24) is 10.6 Å². The molecule has 0 fully saturated rings. The average molecular weight is 300 g/mol. The molecule has 0 bridgehead atoms. The lowest BCUT2D eigenvalue weighted by Gasteiger charge is -2.22. The number of ether oxygens (including phenoxy) is 2. The molecule has 1 unspecified atom stereocenters. The van der Waals surface area contributed by atoms with Gasteiger partial charge in [0.15, 0.2) is 0 Å². The van der Waals surface area contributed by atoms with E-state index in [0.29, 0.717) is 0 Å². The Morgan fingerprint density at radius 3 is 2.15 bits per heavy atom. The van der Waals surface area contributed by atoms with Gasteiger partial charge in [-0.05, 0) is 20.8 Å². The molecule has 0 aliphatic carbocycles. The van der Waals surface area contributed by atoms with E-state index in [4.69, 9.17) is 4.74 Å². The molecule has 1 atom stereocenters. The van der Waals surface area contributed by atoms with E-state index >= 15 is 0 Å². The Morgan fingerprint density at radius 1 is 1.20 bits per heavy atom. The van der Waals surface area contributed by atoms with Crippen LogP contribution in [-0.4, -0.2) is 50.1 Å². The average Bonchev–Trinajstić information content (AvgIpc) is 2.22. The molecule has 9 heteroatoms. The number of halogens is 3. The Labute approximate surface area is 115 Å². The Morgan fingerprint density at radius 2 is 1.75 bits per heavy atom. The van der Waals surface area contributed by atoms with Gasteiger partial charge in [-0.25, -0.2) is 9.59 Å². The summed E-state index contributed by atoms with van der Waals surface area (Å²) < 4.78 is 45.2. The van der Waals surface area contributed by atoms with Gasteiger partial charge in [-0.2, -0.15) is 13.2 Å². The summed E-state index contributed by atoms with van der Waals surface area (Å²) in [4.78, 5) is 22.8. The van der Waals surface area contributed by atoms with Crippen LogP contribution in [0.25, 0.3) is 0 Å². The number of hydrogen-bond acceptors (Lipinski definition) is 5. The quantitative estimate of drug-likeness (QED) is 0.746. The van der Waals surface area contributed by atoms with Crippen molar-refractivity contribution in [1.29, 1.82) is 0 Å². The van der Waals surface area contributed by atoms with Crippen molar-refractivity contribution in [2.45, 2.75) is 38.6 Å². The molecule has 0 aromatic carbocycles. The zero-order valence-electron chi connectivity index (χ0n) is 11.8. The number of amides is 1. The van der Waals surface area contributed by atoms with E-state index in [-0.39, 0.29) is 0 Å². The maximum atomic E-state index is 12.0. The summed E-state index contributed by atoms with van der Waals surface area (Å²) in [5, 5.41) is 4.16. The molecule has 118 valence electrons. The van der Waals surface area contributed by atoms with E-state index in [0.717, 1.165) is 7.11 Å². The van der Waals surface area contributed by atoms with Gasteiger partial charge in [-0.1, -0.05) is 0 Å². The summed E-state index contributed by atoms with van der Waals surface area (Å²) >= 11 is 0. The van der Waals surface area contributed by atoms with E-state index in [2.05, 4.69) is 10.1 Å². The van der Waals surface area contributed by atoms with Crippen LogP contribution in [0.4, 0.5) is 18.0 Å². The number of esters is 1. The van der Waals surface area contributed by atoms with Gasteiger partial charge in [0.2, 0.25) is 0 Å². The molecular formula is C11H19F3N2O4. The number of alkyl carbamates (subject to hydrolysis) is 1. The van der Waals surface area contributed by atoms with Crippen molar-refractivity contribution in [2.24, 2.45) is 0 Å². The molecule has 0 radical (unpaired) electrons. The van der Waals surface area contributed by atoms with Gasteiger partial charge < -0.3 is 20.1 Å². The smallest absolute Gasteiger partial charge is 0.408 e. The van der Waals surface area contributed by atoms with Crippen molar-refractivity contribution in [3.05, 3.63) is 0 Å². The van der Waals surface area contributed by atoms with E-state index in [1.165, 1.54) is 0 Å². The summed E-state index contributed by atoms with van der Waals surface area (Å²) in [5.74, 6) is -0.870. The van der Waals surface area contributed by atoms with Crippen molar-refractivity contribution < 1.29 is 32.2 Å². The maximum Gasteiger partial charge on any atom is 0.408 e. The highest BCUT2D eigenvalue weighted by atomic mass is 19.4. The van der Waals surface area contributed by atoms with Gasteiger partial charge in [0, 0.05) is 6.54 Å². The predicted octanol–water partition coefficient (Wildman–Crippen LogP) is 1.20. The van der Waals surface area contributed by atoms with Crippen molar-refractivity contribution in [3.8, 4) is 0 Å². The second-order valence-corrected chi connectivity index (χ2v) is 4.97. The highest BCUT2D eigenvalue weighted by molar-refractivity contribution is 5.81. The van der Waals surface area contributed by atoms with E-state index in [1.807, 2.05) is 5.32 Å². The molecule has 0 rings (SSSR count). The Hall–Kier alpha value is -1.51. The molecule has 2 N–H and O–H groups in total. The third-order valence-corrected chi connectivity index (χ3v) is 1.85. The van der Waals surface area contributed by atoms with Gasteiger partial charge >= 0.3 is 18.2 Å². The summed E-state index contributed by atoms with van der Waals surface area (Å²) in [5.41, 5.74) is -0.788. The third kappa shape index (κ3) is 9.42. The largest absolute Gasteiger partial charge is 0.467 e. The van der Waals surface area contributed by atoms with Crippen LogP contribution in [-0.2, 0) is 14.3 Å². The van der Waals surface area contributed by atoms with Crippen molar-refractivity contribution in [2.75, 3.05) is 20.2 Å². The minimum absolute atomic E-state index is 0.425. The molecule has 0 aliphatic rings. The van der Waals surface area contributed by atoms with Crippen LogP contribution < -0.4 is 10.6 Å². The van der Waals surface area contributed by atoms with Gasteiger partial charge in [0.05, 0.1) is 13.7 Å². The summed E-state index contributed by atoms with van der Waals surface area (Å²) in [6, 6.07) is -1.27. The van der Waals surface area contributed by atoms with Crippen LogP contribution in [0.15, 0.2) is 0 Å². The van der Waals surface area contributed by atoms with E-state index in [1.54, 1.807) is 20.8 Å². The molecule has 0 aliphatic heterocycles. The van der Waals surface area contributed by atoms with E-state index in [9.17, 15) is 22.8 Å². The number of rotatable bonds is 5. The Bertz CT molecular complexity index is 340. The molecule has 20 heavy (non-hydrogen) atoms. The number of alkyl halides is 3. The van der Waals surface area contributed by atoms with Gasteiger partial charge in [0.25, 0.3) is 0 Å². The zero-order chi connectivity index (χ0) is 16.0. The SMILES string of the molecule is COC(=O)C(CNCC(F)(F)F)NC(=O)OC(C)(C)C. The van der Waals surface area contributed by atoms with Crippen molar-refractivity contribution >= 4 is 12.1 Å². The fourth-order valence-corrected chi connectivity index (χ4v) is 1.14. The number of nitrogens with one attached hydrogen (secondary N) is 2. The molecule has 0 aromatic rings. The first kappa shape index (κ1) is 18.5. The fourth-order valence-electron chi connectivity index (χ4n) is 1.14. The lowest BCUT2D eigenvalue weighted by Crippen LogP contribution is -2.50. The first-order chi connectivity index (χ1) is 8.94. The summed E-state index contributed by atoms with van der Waals surface area (Å²) in [7, 11) is 1.07. The lowest BCUT2D eigenvalue weighted by molar-refractivity contribution is -0.144. The Kier molecular flexibility index (Phi) is 6.77. The second kappa shape index (κ2) is 7.32. The number of carbonyl (C=O) groups excluding carboxylic acids is 2. The topological polar surface area (TPSA) is 76.7 Å².